The molecule has 0 aromatic rings. The third kappa shape index (κ3) is 16.4. The summed E-state index contributed by atoms with van der Waals surface area (Å²) in [5, 5.41) is 0. The molecule has 0 unspecified atom stereocenters. The first-order valence-corrected chi connectivity index (χ1v) is 7.94. The van der Waals surface area contributed by atoms with Crippen molar-refractivity contribution < 1.29 is 10.9 Å². The monoisotopic (exact) mass is 291 g/mol. The molecular weight excluding hydrogens is 260 g/mol. The lowest BCUT2D eigenvalue weighted by Crippen LogP contribution is -1.98. The zero-order chi connectivity index (χ0) is 16.5. The minimum atomic E-state index is -0.155. The van der Waals surface area contributed by atoms with Crippen molar-refractivity contribution in [2.45, 2.75) is 58.3 Å². The number of allylic oxidation sites excluding steroid dienone is 8. The molecule has 0 heterocycles. The van der Waals surface area contributed by atoms with Gasteiger partial charge in [0, 0.05) is 6.42 Å². The third-order valence-electron chi connectivity index (χ3n) is 2.97. The molecule has 0 N–H and O–H groups in total. The lowest BCUT2D eigenvalue weighted by Gasteiger charge is -1.96. The van der Waals surface area contributed by atoms with Gasteiger partial charge in [0.1, 0.15) is 0 Å². The maximum atomic E-state index is 10.9. The smallest absolute Gasteiger partial charge is 0.305 e. The van der Waals surface area contributed by atoms with Crippen LogP contribution in [0.25, 0.3) is 0 Å². The molecule has 0 amide bonds. The van der Waals surface area contributed by atoms with Crippen LogP contribution >= 0.6 is 0 Å². The fourth-order valence-corrected chi connectivity index (χ4v) is 1.70. The van der Waals surface area contributed by atoms with Gasteiger partial charge < -0.3 is 4.74 Å². The summed E-state index contributed by atoms with van der Waals surface area (Å²) in [6.45, 7) is 2.21. The molecule has 0 aromatic carbocycles. The molecular formula is C19H30O2. The van der Waals surface area contributed by atoms with Crippen LogP contribution in [0, 0.1) is 0 Å². The van der Waals surface area contributed by atoms with E-state index in [1.54, 1.807) is 12.2 Å². The van der Waals surface area contributed by atoms with E-state index < -0.39 is 0 Å². The van der Waals surface area contributed by atoms with Crippen molar-refractivity contribution in [3.63, 3.8) is 0 Å². The summed E-state index contributed by atoms with van der Waals surface area (Å²) in [4.78, 5) is 10.9. The summed E-state index contributed by atoms with van der Waals surface area (Å²) in [5.74, 6) is -0.155. The van der Waals surface area contributed by atoms with E-state index in [0.29, 0.717) is 12.5 Å². The second-order valence-corrected chi connectivity index (χ2v) is 4.87. The average molecular weight is 291 g/mol. The van der Waals surface area contributed by atoms with Gasteiger partial charge in [0.25, 0.3) is 0 Å². The van der Waals surface area contributed by atoms with Gasteiger partial charge in [0.2, 0.25) is 0 Å². The minimum Gasteiger partial charge on any atom is -0.469 e. The van der Waals surface area contributed by atoms with Crippen molar-refractivity contribution in [1.82, 2.24) is 0 Å². The fraction of sp³-hybridized carbons (Fsp3) is 0.526. The Morgan fingerprint density at radius 2 is 1.62 bits per heavy atom. The summed E-state index contributed by atoms with van der Waals surface area (Å²) < 4.78 is 12.3. The predicted molar refractivity (Wildman–Crippen MR) is 91.2 cm³/mol. The highest BCUT2D eigenvalue weighted by molar-refractivity contribution is 5.68. The van der Waals surface area contributed by atoms with Crippen molar-refractivity contribution in [3.05, 3.63) is 48.6 Å². The van der Waals surface area contributed by atoms with Gasteiger partial charge in [-0.2, -0.15) is 0 Å². The van der Waals surface area contributed by atoms with Crippen molar-refractivity contribution in [2.75, 3.05) is 7.11 Å². The normalized spacial score (nSPS) is 13.4. The molecule has 0 fully saturated rings. The van der Waals surface area contributed by atoms with Gasteiger partial charge in [0.05, 0.1) is 8.48 Å². The van der Waals surface area contributed by atoms with Gasteiger partial charge >= 0.3 is 5.97 Å². The summed E-state index contributed by atoms with van der Waals surface area (Å²) in [5.41, 5.74) is 0. The Balaban J connectivity index is 3.74. The SMILES string of the molecule is [2H]C(/C=C\CCCCC(=O)OC)=C\C=C\C=C/CCCCC. The van der Waals surface area contributed by atoms with Gasteiger partial charge in [-0.3, -0.25) is 4.79 Å². The minimum absolute atomic E-state index is 0.155. The van der Waals surface area contributed by atoms with Gasteiger partial charge in [-0.05, 0) is 32.1 Å². The largest absolute Gasteiger partial charge is 0.469 e. The number of esters is 1. The average Bonchev–Trinajstić information content (AvgIpc) is 2.52. The maximum absolute atomic E-state index is 10.9. The number of rotatable bonds is 12. The second kappa shape index (κ2) is 16.5. The molecule has 0 aliphatic carbocycles. The Morgan fingerprint density at radius 1 is 0.952 bits per heavy atom. The predicted octanol–water partition coefficient (Wildman–Crippen LogP) is 5.52. The Kier molecular flexibility index (Phi) is 13.7. The van der Waals surface area contributed by atoms with Crippen LogP contribution in [-0.4, -0.2) is 13.1 Å². The molecule has 0 aliphatic rings. The molecule has 0 radical (unpaired) electrons. The van der Waals surface area contributed by atoms with Crippen LogP contribution in [0.3, 0.4) is 0 Å². The zero-order valence-electron chi connectivity index (χ0n) is 14.5. The summed E-state index contributed by atoms with van der Waals surface area (Å²) in [6, 6.07) is 0.489. The van der Waals surface area contributed by atoms with E-state index in [-0.39, 0.29) is 5.97 Å². The molecule has 0 aromatic heterocycles. The van der Waals surface area contributed by atoms with E-state index >= 15 is 0 Å². The van der Waals surface area contributed by atoms with Crippen molar-refractivity contribution in [2.24, 2.45) is 0 Å². The van der Waals surface area contributed by atoms with E-state index in [9.17, 15) is 4.79 Å². The van der Waals surface area contributed by atoms with Crippen molar-refractivity contribution >= 4 is 5.97 Å². The number of hydrogen-bond acceptors (Lipinski definition) is 2. The van der Waals surface area contributed by atoms with Crippen LogP contribution in [0.1, 0.15) is 59.7 Å². The Bertz CT molecular complexity index is 392. The van der Waals surface area contributed by atoms with Gasteiger partial charge in [-0.1, -0.05) is 68.3 Å². The molecule has 0 rings (SSSR count). The van der Waals surface area contributed by atoms with E-state index in [1.165, 1.54) is 26.4 Å². The molecule has 0 bridgehead atoms. The lowest BCUT2D eigenvalue weighted by molar-refractivity contribution is -0.140. The van der Waals surface area contributed by atoms with Crippen molar-refractivity contribution in [1.29, 1.82) is 0 Å². The number of carbonyl (C=O) groups is 1. The van der Waals surface area contributed by atoms with Crippen molar-refractivity contribution in [3.8, 4) is 0 Å². The van der Waals surface area contributed by atoms with Gasteiger partial charge in [0.15, 0.2) is 0 Å². The number of hydrogen-bond donors (Lipinski definition) is 0. The Morgan fingerprint density at radius 3 is 2.33 bits per heavy atom. The molecule has 0 atom stereocenters. The molecule has 118 valence electrons. The fourth-order valence-electron chi connectivity index (χ4n) is 1.70. The number of methoxy groups -OCH3 is 1. The Labute approximate surface area is 131 Å². The molecule has 2 heteroatoms. The van der Waals surface area contributed by atoms with E-state index in [2.05, 4.69) is 17.7 Å². The third-order valence-corrected chi connectivity index (χ3v) is 2.97. The first-order chi connectivity index (χ1) is 10.7. The summed E-state index contributed by atoms with van der Waals surface area (Å²) in [7, 11) is 1.41. The standard InChI is InChI=1S/C19H30O2/c1-3-4-5-6-7-8-9-10-11-12-13-14-15-16-17-18-19(20)21-2/h7-14H,3-6,15-18H2,1-2H3/b8-7-,10-9+,12-11+,14-13-/i12D. The van der Waals surface area contributed by atoms with E-state index in [1.807, 2.05) is 24.3 Å². The van der Waals surface area contributed by atoms with Crippen LogP contribution in [0.5, 0.6) is 0 Å². The first kappa shape index (κ1) is 17.5. The highest BCUT2D eigenvalue weighted by atomic mass is 16.5. The molecule has 0 saturated carbocycles. The Hall–Kier alpha value is -1.57. The van der Waals surface area contributed by atoms with Crippen LogP contribution in [-0.2, 0) is 9.53 Å². The van der Waals surface area contributed by atoms with Crippen LogP contribution in [0.2, 0.25) is 0 Å². The van der Waals surface area contributed by atoms with E-state index in [4.69, 9.17) is 1.37 Å². The quantitative estimate of drug-likeness (QED) is 0.269. The lowest BCUT2D eigenvalue weighted by atomic mass is 10.2. The summed E-state index contributed by atoms with van der Waals surface area (Å²) in [6.07, 6.45) is 21.7. The second-order valence-electron chi connectivity index (χ2n) is 4.87. The van der Waals surface area contributed by atoms with Gasteiger partial charge in [-0.15, -0.1) is 0 Å². The van der Waals surface area contributed by atoms with Crippen LogP contribution < -0.4 is 0 Å². The number of ether oxygens (including phenoxy) is 1. The highest BCUT2D eigenvalue weighted by Gasteiger charge is 1.97. The first-order valence-electron chi connectivity index (χ1n) is 8.44. The highest BCUT2D eigenvalue weighted by Crippen LogP contribution is 2.02. The van der Waals surface area contributed by atoms with Crippen LogP contribution in [0.4, 0.5) is 0 Å². The molecule has 0 spiro atoms. The molecule has 21 heavy (non-hydrogen) atoms. The molecule has 0 aliphatic heterocycles. The number of unbranched alkanes of at least 4 members (excludes halogenated alkanes) is 5. The van der Waals surface area contributed by atoms with E-state index in [0.717, 1.165) is 25.7 Å². The maximum Gasteiger partial charge on any atom is 0.305 e. The number of carbonyl (C=O) groups excluding carboxylic acids is 1. The molecule has 0 saturated heterocycles. The molecule has 2 nitrogen and oxygen atoms in total. The zero-order valence-corrected chi connectivity index (χ0v) is 13.5. The topological polar surface area (TPSA) is 26.3 Å². The van der Waals surface area contributed by atoms with Crippen LogP contribution in [0.15, 0.2) is 48.6 Å². The summed E-state index contributed by atoms with van der Waals surface area (Å²) >= 11 is 0. The van der Waals surface area contributed by atoms with Gasteiger partial charge in [-0.25, -0.2) is 0 Å².